The van der Waals surface area contributed by atoms with Crippen LogP contribution in [0.15, 0.2) is 62.7 Å². The third-order valence-corrected chi connectivity index (χ3v) is 8.31. The van der Waals surface area contributed by atoms with Crippen molar-refractivity contribution in [3.8, 4) is 0 Å². The van der Waals surface area contributed by atoms with Crippen LogP contribution in [0.1, 0.15) is 15.4 Å². The highest BCUT2D eigenvalue weighted by molar-refractivity contribution is 8.01. The molecule has 0 radical (unpaired) electrons. The van der Waals surface area contributed by atoms with Crippen molar-refractivity contribution < 1.29 is 23.2 Å². The summed E-state index contributed by atoms with van der Waals surface area (Å²) in [6.07, 6.45) is 3.22. The molecule has 3 rings (SSSR count). The molecule has 2 aromatic heterocycles. The number of pyridine rings is 1. The average molecular weight is 466 g/mol. The average Bonchev–Trinajstić information content (AvgIpc) is 3.18. The molecule has 0 bridgehead atoms. The van der Waals surface area contributed by atoms with Crippen molar-refractivity contribution in [3.63, 3.8) is 0 Å². The number of nitrogens with zero attached hydrogens (tertiary/aromatic N) is 2. The predicted molar refractivity (Wildman–Crippen MR) is 113 cm³/mol. The van der Waals surface area contributed by atoms with Gasteiger partial charge in [-0.1, -0.05) is 6.07 Å². The minimum Gasteiger partial charge on any atom is -0.477 e. The van der Waals surface area contributed by atoms with E-state index in [0.717, 1.165) is 35.2 Å². The van der Waals surface area contributed by atoms with Gasteiger partial charge in [0.25, 0.3) is 5.69 Å². The number of benzene rings is 1. The lowest BCUT2D eigenvalue weighted by atomic mass is 10.2. The number of thioether (sulfide) groups is 1. The van der Waals surface area contributed by atoms with Gasteiger partial charge in [-0.25, -0.2) is 13.2 Å². The molecule has 0 saturated carbocycles. The van der Waals surface area contributed by atoms with E-state index in [9.17, 15) is 23.3 Å². The minimum absolute atomic E-state index is 0.124. The van der Waals surface area contributed by atoms with Crippen LogP contribution in [0, 0.1) is 10.1 Å². The van der Waals surface area contributed by atoms with Crippen LogP contribution >= 0.6 is 23.1 Å². The summed E-state index contributed by atoms with van der Waals surface area (Å²) in [4.78, 5) is 25.6. The quantitative estimate of drug-likeness (QED) is 0.288. The number of nitrogens with one attached hydrogen (secondary N) is 1. The summed E-state index contributed by atoms with van der Waals surface area (Å²) < 4.78 is 26.4. The minimum atomic E-state index is -4.15. The zero-order chi connectivity index (χ0) is 21.9. The largest absolute Gasteiger partial charge is 0.477 e. The number of sulfone groups is 1. The van der Waals surface area contributed by atoms with Crippen molar-refractivity contribution in [2.24, 2.45) is 0 Å². The summed E-state index contributed by atoms with van der Waals surface area (Å²) in [5.41, 5.74) is 0.394. The van der Waals surface area contributed by atoms with Crippen LogP contribution < -0.4 is 5.32 Å². The van der Waals surface area contributed by atoms with Crippen molar-refractivity contribution in [1.29, 1.82) is 0 Å². The molecule has 1 aromatic carbocycles. The number of carbonyl (C=O) groups is 1. The maximum atomic E-state index is 13.1. The van der Waals surface area contributed by atoms with Crippen LogP contribution in [0.5, 0.6) is 0 Å². The lowest BCUT2D eigenvalue weighted by Gasteiger charge is -2.09. The zero-order valence-electron chi connectivity index (χ0n) is 15.4. The molecular weight excluding hydrogens is 450 g/mol. The zero-order valence-corrected chi connectivity index (χ0v) is 17.9. The fourth-order valence-electron chi connectivity index (χ4n) is 2.59. The fraction of sp³-hybridized carbons (Fsp3) is 0.111. The Hall–Kier alpha value is -2.96. The number of nitro benzene ring substituents is 1. The van der Waals surface area contributed by atoms with Gasteiger partial charge in [-0.05, 0) is 36.6 Å². The van der Waals surface area contributed by atoms with Gasteiger partial charge in [0.05, 0.1) is 31.2 Å². The summed E-state index contributed by atoms with van der Waals surface area (Å²) in [6, 6.07) is 9.89. The van der Waals surface area contributed by atoms with Crippen LogP contribution in [0.3, 0.4) is 0 Å². The van der Waals surface area contributed by atoms with Crippen LogP contribution in [-0.2, 0) is 16.4 Å². The van der Waals surface area contributed by atoms with Gasteiger partial charge in [-0.2, -0.15) is 0 Å². The number of carboxylic acids is 1. The van der Waals surface area contributed by atoms with E-state index < -0.39 is 26.4 Å². The number of nitro groups is 1. The number of hydrogen-bond acceptors (Lipinski definition) is 9. The molecule has 0 fully saturated rings. The van der Waals surface area contributed by atoms with Gasteiger partial charge in [0, 0.05) is 12.3 Å². The Morgan fingerprint density at radius 1 is 1.30 bits per heavy atom. The molecule has 0 spiro atoms. The summed E-state index contributed by atoms with van der Waals surface area (Å²) in [6.45, 7) is 0.219. The first-order valence-electron chi connectivity index (χ1n) is 8.32. The molecule has 0 saturated heterocycles. The van der Waals surface area contributed by atoms with Gasteiger partial charge in [-0.3, -0.25) is 15.1 Å². The van der Waals surface area contributed by atoms with E-state index >= 15 is 0 Å². The number of aromatic nitrogens is 1. The van der Waals surface area contributed by atoms with Crippen molar-refractivity contribution in [1.82, 2.24) is 4.98 Å². The van der Waals surface area contributed by atoms with Crippen LogP contribution in [0.4, 0.5) is 11.4 Å². The second-order valence-corrected chi connectivity index (χ2v) is 9.93. The lowest BCUT2D eigenvalue weighted by molar-refractivity contribution is -0.384. The standard InChI is InChI=1S/C18H15N3O6S3/c1-28-18-16(9-15(29-18)17(22)23)30(26,27)12-5-6-13(14(8-12)21(24)25)20-10-11-4-2-3-7-19-11/h2-9,20H,10H2,1H3,(H,22,23). The maximum Gasteiger partial charge on any atom is 0.345 e. The molecule has 2 heterocycles. The molecule has 9 nitrogen and oxygen atoms in total. The van der Waals surface area contributed by atoms with Gasteiger partial charge in [0.15, 0.2) is 0 Å². The molecule has 12 heteroatoms. The lowest BCUT2D eigenvalue weighted by Crippen LogP contribution is -2.07. The van der Waals surface area contributed by atoms with Crippen LogP contribution in [0.25, 0.3) is 0 Å². The van der Waals surface area contributed by atoms with E-state index in [0.29, 0.717) is 9.90 Å². The van der Waals surface area contributed by atoms with Crippen molar-refractivity contribution in [3.05, 3.63) is 69.3 Å². The van der Waals surface area contributed by atoms with Gasteiger partial charge in [-0.15, -0.1) is 23.1 Å². The van der Waals surface area contributed by atoms with E-state index in [-0.39, 0.29) is 26.9 Å². The first-order valence-corrected chi connectivity index (χ1v) is 11.8. The van der Waals surface area contributed by atoms with Crippen molar-refractivity contribution in [2.45, 2.75) is 20.5 Å². The van der Waals surface area contributed by atoms with Crippen LogP contribution in [0.2, 0.25) is 0 Å². The number of aromatic carboxylic acids is 1. The summed E-state index contributed by atoms with van der Waals surface area (Å²) in [7, 11) is -4.15. The van der Waals surface area contributed by atoms with E-state index in [4.69, 9.17) is 5.11 Å². The van der Waals surface area contributed by atoms with Crippen LogP contribution in [-0.4, -0.2) is 35.7 Å². The number of rotatable bonds is 8. The highest BCUT2D eigenvalue weighted by atomic mass is 32.2. The van der Waals surface area contributed by atoms with E-state index in [1.54, 1.807) is 30.7 Å². The molecule has 0 aliphatic rings. The number of carboxylic acid groups (broad SMARTS) is 1. The Kier molecular flexibility index (Phi) is 6.39. The SMILES string of the molecule is CSc1sc(C(=O)O)cc1S(=O)(=O)c1ccc(NCc2ccccn2)c([N+](=O)[O-])c1. The summed E-state index contributed by atoms with van der Waals surface area (Å²) >= 11 is 1.94. The number of hydrogen-bond donors (Lipinski definition) is 2. The molecule has 3 aromatic rings. The van der Waals surface area contributed by atoms with Crippen molar-refractivity contribution in [2.75, 3.05) is 11.6 Å². The second-order valence-electron chi connectivity index (χ2n) is 5.89. The molecule has 156 valence electrons. The third kappa shape index (κ3) is 4.45. The molecule has 2 N–H and O–H groups in total. The maximum absolute atomic E-state index is 13.1. The first-order chi connectivity index (χ1) is 14.2. The molecule has 0 atom stereocenters. The number of anilines is 1. The monoisotopic (exact) mass is 465 g/mol. The van der Waals surface area contributed by atoms with Crippen molar-refractivity contribution >= 4 is 50.3 Å². The third-order valence-electron chi connectivity index (χ3n) is 4.01. The second kappa shape index (κ2) is 8.81. The molecule has 0 aliphatic heterocycles. The Morgan fingerprint density at radius 2 is 2.07 bits per heavy atom. The molecule has 30 heavy (non-hydrogen) atoms. The Balaban J connectivity index is 1.99. The molecular formula is C18H15N3O6S3. The molecule has 0 amide bonds. The van der Waals surface area contributed by atoms with E-state index in [2.05, 4.69) is 10.3 Å². The smallest absolute Gasteiger partial charge is 0.345 e. The van der Waals surface area contributed by atoms with Gasteiger partial charge in [0.2, 0.25) is 9.84 Å². The Labute approximate surface area is 179 Å². The first kappa shape index (κ1) is 21.7. The van der Waals surface area contributed by atoms with Gasteiger partial charge in [0.1, 0.15) is 10.6 Å². The van der Waals surface area contributed by atoms with E-state index in [1.807, 2.05) is 0 Å². The highest BCUT2D eigenvalue weighted by Gasteiger charge is 2.28. The highest BCUT2D eigenvalue weighted by Crippen LogP contribution is 2.38. The van der Waals surface area contributed by atoms with Gasteiger partial charge >= 0.3 is 5.97 Å². The summed E-state index contributed by atoms with van der Waals surface area (Å²) in [5, 5.41) is 23.6. The fourth-order valence-corrected chi connectivity index (χ4v) is 6.44. The summed E-state index contributed by atoms with van der Waals surface area (Å²) in [5.74, 6) is -1.24. The Bertz CT molecular complexity index is 1210. The Morgan fingerprint density at radius 3 is 2.67 bits per heavy atom. The molecule has 0 unspecified atom stereocenters. The number of thiophene rings is 1. The topological polar surface area (TPSA) is 140 Å². The molecule has 0 aliphatic carbocycles. The van der Waals surface area contributed by atoms with E-state index in [1.165, 1.54) is 12.1 Å². The van der Waals surface area contributed by atoms with Gasteiger partial charge < -0.3 is 10.4 Å². The predicted octanol–water partition coefficient (Wildman–Crippen LogP) is 3.92. The normalized spacial score (nSPS) is 11.2.